The average molecular weight is 502 g/mol. The third-order valence-electron chi connectivity index (χ3n) is 5.14. The van der Waals surface area contributed by atoms with Crippen molar-refractivity contribution in [2.75, 3.05) is 26.8 Å². The zero-order chi connectivity index (χ0) is 19.0. The van der Waals surface area contributed by atoms with E-state index in [4.69, 9.17) is 9.15 Å². The number of nitrogens with one attached hydrogen (secondary N) is 3. The van der Waals surface area contributed by atoms with Gasteiger partial charge in [0, 0.05) is 26.8 Å². The third kappa shape index (κ3) is 6.20. The SMILES string of the molecule is CCNC(=NCc1nc(-c2ccco2)n[nH]1)NCC1(CCOC)CCCC1.I. The van der Waals surface area contributed by atoms with Gasteiger partial charge < -0.3 is 19.8 Å². The Kier molecular flexibility index (Phi) is 9.23. The van der Waals surface area contributed by atoms with Gasteiger partial charge in [0.15, 0.2) is 11.7 Å². The molecule has 1 saturated carbocycles. The van der Waals surface area contributed by atoms with E-state index in [1.807, 2.05) is 12.1 Å². The number of methoxy groups -OCH3 is 1. The summed E-state index contributed by atoms with van der Waals surface area (Å²) in [4.78, 5) is 9.09. The molecule has 156 valence electrons. The van der Waals surface area contributed by atoms with Gasteiger partial charge in [-0.25, -0.2) is 9.98 Å². The molecular formula is C19H31IN6O2. The predicted octanol–water partition coefficient (Wildman–Crippen LogP) is 3.33. The summed E-state index contributed by atoms with van der Waals surface area (Å²) in [6, 6.07) is 3.65. The fourth-order valence-corrected chi connectivity index (χ4v) is 3.61. The molecule has 2 aromatic heterocycles. The lowest BCUT2D eigenvalue weighted by atomic mass is 9.83. The number of aliphatic imine (C=N–C) groups is 1. The Morgan fingerprint density at radius 3 is 2.86 bits per heavy atom. The van der Waals surface area contributed by atoms with Crippen molar-refractivity contribution < 1.29 is 9.15 Å². The number of H-pyrrole nitrogens is 1. The van der Waals surface area contributed by atoms with Crippen LogP contribution in [0.5, 0.6) is 0 Å². The molecule has 0 aromatic carbocycles. The second-order valence-corrected chi connectivity index (χ2v) is 7.08. The number of hydrogen-bond acceptors (Lipinski definition) is 5. The number of aromatic amines is 1. The lowest BCUT2D eigenvalue weighted by molar-refractivity contribution is 0.138. The first-order valence-electron chi connectivity index (χ1n) is 9.71. The van der Waals surface area contributed by atoms with Crippen LogP contribution in [0.1, 0.15) is 44.9 Å². The number of aromatic nitrogens is 3. The van der Waals surface area contributed by atoms with Crippen LogP contribution in [0.25, 0.3) is 11.6 Å². The van der Waals surface area contributed by atoms with Crippen LogP contribution < -0.4 is 10.6 Å². The number of hydrogen-bond donors (Lipinski definition) is 3. The lowest BCUT2D eigenvalue weighted by Gasteiger charge is -2.29. The molecule has 28 heavy (non-hydrogen) atoms. The molecule has 0 spiro atoms. The summed E-state index contributed by atoms with van der Waals surface area (Å²) in [5.74, 6) is 2.70. The number of guanidine groups is 1. The highest BCUT2D eigenvalue weighted by atomic mass is 127. The van der Waals surface area contributed by atoms with Crippen LogP contribution in [0.4, 0.5) is 0 Å². The molecule has 2 aromatic rings. The maximum Gasteiger partial charge on any atom is 0.216 e. The minimum Gasteiger partial charge on any atom is -0.461 e. The molecule has 9 heteroatoms. The highest BCUT2D eigenvalue weighted by molar-refractivity contribution is 14.0. The van der Waals surface area contributed by atoms with Gasteiger partial charge in [0.2, 0.25) is 5.82 Å². The molecule has 1 fully saturated rings. The summed E-state index contributed by atoms with van der Waals surface area (Å²) < 4.78 is 10.6. The van der Waals surface area contributed by atoms with Crippen LogP contribution in [0, 0.1) is 5.41 Å². The van der Waals surface area contributed by atoms with Crippen molar-refractivity contribution in [3.8, 4) is 11.6 Å². The highest BCUT2D eigenvalue weighted by Crippen LogP contribution is 2.40. The van der Waals surface area contributed by atoms with E-state index in [1.54, 1.807) is 13.4 Å². The summed E-state index contributed by atoms with van der Waals surface area (Å²) in [5.41, 5.74) is 0.310. The van der Waals surface area contributed by atoms with Gasteiger partial charge in [0.05, 0.1) is 6.26 Å². The summed E-state index contributed by atoms with van der Waals surface area (Å²) in [6.07, 6.45) is 7.79. The zero-order valence-electron chi connectivity index (χ0n) is 16.7. The van der Waals surface area contributed by atoms with Gasteiger partial charge in [0.1, 0.15) is 12.4 Å². The Hall–Kier alpha value is -1.62. The van der Waals surface area contributed by atoms with E-state index in [1.165, 1.54) is 25.7 Å². The van der Waals surface area contributed by atoms with Gasteiger partial charge in [0.25, 0.3) is 0 Å². The average Bonchev–Trinajstić information content (AvgIpc) is 3.44. The van der Waals surface area contributed by atoms with Crippen molar-refractivity contribution in [1.82, 2.24) is 25.8 Å². The standard InChI is InChI=1S/C19H30N6O2.HI/c1-3-20-18(22-14-19(10-12-26-2)8-4-5-9-19)21-13-16-23-17(25-24-16)15-7-6-11-27-15;/h6-7,11H,3-5,8-10,12-14H2,1-2H3,(H2,20,21,22)(H,23,24,25);1H. The minimum absolute atomic E-state index is 0. The minimum atomic E-state index is 0. The Bertz CT molecular complexity index is 710. The van der Waals surface area contributed by atoms with Crippen molar-refractivity contribution in [2.45, 2.75) is 45.6 Å². The zero-order valence-corrected chi connectivity index (χ0v) is 19.0. The topological polar surface area (TPSA) is 100 Å². The molecule has 0 amide bonds. The molecule has 0 radical (unpaired) electrons. The monoisotopic (exact) mass is 502 g/mol. The van der Waals surface area contributed by atoms with Crippen molar-refractivity contribution in [3.05, 3.63) is 24.2 Å². The van der Waals surface area contributed by atoms with Crippen LogP contribution in [0.15, 0.2) is 27.8 Å². The number of nitrogens with zero attached hydrogens (tertiary/aromatic N) is 3. The molecule has 0 saturated heterocycles. The Balaban J connectivity index is 0.00000280. The normalized spacial score (nSPS) is 16.0. The molecule has 0 atom stereocenters. The molecule has 3 rings (SSSR count). The van der Waals surface area contributed by atoms with E-state index in [9.17, 15) is 0 Å². The van der Waals surface area contributed by atoms with Gasteiger partial charge in [-0.05, 0) is 43.7 Å². The molecule has 0 bridgehead atoms. The van der Waals surface area contributed by atoms with Crippen LogP contribution in [-0.2, 0) is 11.3 Å². The van der Waals surface area contributed by atoms with E-state index in [0.717, 1.165) is 32.1 Å². The second kappa shape index (κ2) is 11.4. The van der Waals surface area contributed by atoms with E-state index >= 15 is 0 Å². The van der Waals surface area contributed by atoms with Crippen LogP contribution in [0.2, 0.25) is 0 Å². The predicted molar refractivity (Wildman–Crippen MR) is 120 cm³/mol. The Labute approximate surface area is 183 Å². The first-order chi connectivity index (χ1) is 13.2. The first kappa shape index (κ1) is 22.7. The maximum atomic E-state index is 5.32. The van der Waals surface area contributed by atoms with E-state index in [2.05, 4.69) is 37.7 Å². The summed E-state index contributed by atoms with van der Waals surface area (Å²) in [5, 5.41) is 13.9. The van der Waals surface area contributed by atoms with Gasteiger partial charge in [-0.1, -0.05) is 12.8 Å². The molecule has 0 aliphatic heterocycles. The fraction of sp³-hybridized carbons (Fsp3) is 0.632. The van der Waals surface area contributed by atoms with Gasteiger partial charge in [-0.3, -0.25) is 5.10 Å². The van der Waals surface area contributed by atoms with E-state index in [-0.39, 0.29) is 24.0 Å². The maximum absolute atomic E-state index is 5.32. The molecule has 3 N–H and O–H groups in total. The van der Waals surface area contributed by atoms with Crippen LogP contribution >= 0.6 is 24.0 Å². The summed E-state index contributed by atoms with van der Waals surface area (Å²) in [6.45, 7) is 5.02. The summed E-state index contributed by atoms with van der Waals surface area (Å²) in [7, 11) is 1.77. The quantitative estimate of drug-likeness (QED) is 0.276. The molecule has 1 aliphatic rings. The molecular weight excluding hydrogens is 471 g/mol. The van der Waals surface area contributed by atoms with Crippen molar-refractivity contribution in [1.29, 1.82) is 0 Å². The van der Waals surface area contributed by atoms with Crippen molar-refractivity contribution >= 4 is 29.9 Å². The number of furan rings is 1. The second-order valence-electron chi connectivity index (χ2n) is 7.08. The number of ether oxygens (including phenoxy) is 1. The molecule has 8 nitrogen and oxygen atoms in total. The van der Waals surface area contributed by atoms with Crippen molar-refractivity contribution in [2.24, 2.45) is 10.4 Å². The largest absolute Gasteiger partial charge is 0.461 e. The summed E-state index contributed by atoms with van der Waals surface area (Å²) >= 11 is 0. The fourth-order valence-electron chi connectivity index (χ4n) is 3.61. The van der Waals surface area contributed by atoms with Gasteiger partial charge >= 0.3 is 0 Å². The molecule has 0 unspecified atom stereocenters. The first-order valence-corrected chi connectivity index (χ1v) is 9.71. The van der Waals surface area contributed by atoms with Gasteiger partial charge in [-0.2, -0.15) is 0 Å². The van der Waals surface area contributed by atoms with E-state index < -0.39 is 0 Å². The molecule has 2 heterocycles. The van der Waals surface area contributed by atoms with Crippen molar-refractivity contribution in [3.63, 3.8) is 0 Å². The Morgan fingerprint density at radius 2 is 2.18 bits per heavy atom. The smallest absolute Gasteiger partial charge is 0.216 e. The molecule has 1 aliphatic carbocycles. The Morgan fingerprint density at radius 1 is 1.36 bits per heavy atom. The lowest BCUT2D eigenvalue weighted by Crippen LogP contribution is -2.43. The van der Waals surface area contributed by atoms with Crippen LogP contribution in [0.3, 0.4) is 0 Å². The number of rotatable bonds is 9. The van der Waals surface area contributed by atoms with Crippen LogP contribution in [-0.4, -0.2) is 47.9 Å². The van der Waals surface area contributed by atoms with Gasteiger partial charge in [-0.15, -0.1) is 29.1 Å². The number of halogens is 1. The third-order valence-corrected chi connectivity index (χ3v) is 5.14. The van der Waals surface area contributed by atoms with E-state index in [0.29, 0.717) is 29.4 Å². The highest BCUT2D eigenvalue weighted by Gasteiger charge is 2.33.